The molecule has 0 spiro atoms. The maximum Gasteiger partial charge on any atom is 0.410 e. The summed E-state index contributed by atoms with van der Waals surface area (Å²) >= 11 is 0. The van der Waals surface area contributed by atoms with E-state index in [9.17, 15) is 29.0 Å². The Hall–Kier alpha value is -2.96. The molecule has 0 aromatic carbocycles. The zero-order valence-electron chi connectivity index (χ0n) is 30.5. The lowest BCUT2D eigenvalue weighted by atomic mass is 9.89. The summed E-state index contributed by atoms with van der Waals surface area (Å²) in [5.74, 6) is -1.03. The highest BCUT2D eigenvalue weighted by Crippen LogP contribution is 2.28. The minimum Gasteiger partial charge on any atom is -0.457 e. The second kappa shape index (κ2) is 19.0. The minimum absolute atomic E-state index is 0.0626. The Bertz CT molecular complexity index is 1210. The Kier molecular flexibility index (Phi) is 15.2. The van der Waals surface area contributed by atoms with Crippen LogP contribution in [0.4, 0.5) is 14.0 Å². The number of carbonyl (C=O) groups is 3. The molecule has 0 aromatic rings. The van der Waals surface area contributed by atoms with Gasteiger partial charge in [0.1, 0.15) is 17.9 Å². The van der Waals surface area contributed by atoms with Crippen molar-refractivity contribution in [3.05, 3.63) is 36.0 Å². The number of esters is 1. The zero-order chi connectivity index (χ0) is 36.3. The summed E-state index contributed by atoms with van der Waals surface area (Å²) in [7, 11) is 0. The largest absolute Gasteiger partial charge is 0.457 e. The lowest BCUT2D eigenvalue weighted by Crippen LogP contribution is -2.53. The predicted octanol–water partition coefficient (Wildman–Crippen LogP) is 5.55. The second-order valence-corrected chi connectivity index (χ2v) is 15.1. The molecule has 0 aromatic heterocycles. The number of likely N-dealkylation sites (tertiary alicyclic amines) is 1. The van der Waals surface area contributed by atoms with E-state index in [2.05, 4.69) is 4.90 Å². The van der Waals surface area contributed by atoms with Crippen molar-refractivity contribution in [2.24, 2.45) is 11.8 Å². The van der Waals surface area contributed by atoms with E-state index in [1.807, 2.05) is 39.0 Å². The number of hydrogen-bond donors (Lipinski definition) is 2. The van der Waals surface area contributed by atoms with E-state index < -0.39 is 48.2 Å². The number of nitrogens with zero attached hydrogens (tertiary/aromatic N) is 3. The number of amides is 2. The molecule has 3 fully saturated rings. The highest BCUT2D eigenvalue weighted by atomic mass is 19.1. The summed E-state index contributed by atoms with van der Waals surface area (Å²) in [6.07, 6.45) is 12.1. The van der Waals surface area contributed by atoms with Crippen molar-refractivity contribution in [1.82, 2.24) is 14.7 Å². The molecule has 1 saturated carbocycles. The fraction of sp³-hybridized carbons (Fsp3) is 0.763. The van der Waals surface area contributed by atoms with Crippen LogP contribution in [0.2, 0.25) is 0 Å². The van der Waals surface area contributed by atoms with Crippen LogP contribution >= 0.6 is 0 Å². The lowest BCUT2D eigenvalue weighted by Gasteiger charge is -2.40. The van der Waals surface area contributed by atoms with Crippen molar-refractivity contribution in [3.8, 4) is 0 Å². The molecule has 50 heavy (non-hydrogen) atoms. The predicted molar refractivity (Wildman–Crippen MR) is 188 cm³/mol. The molecule has 2 amide bonds. The third-order valence-electron chi connectivity index (χ3n) is 10.6. The average Bonchev–Trinajstić information content (AvgIpc) is 3.34. The summed E-state index contributed by atoms with van der Waals surface area (Å²) < 4.78 is 30.6. The number of cyclic esters (lactones) is 1. The molecule has 0 radical (unpaired) electrons. The summed E-state index contributed by atoms with van der Waals surface area (Å²) in [6, 6.07) is 0.578. The SMILES string of the molecule is C/C(=C\C=C\[C@@H](C)COC(=O)N1CC[C@H](F)C1)[C@H]1OC(=O)C[C@H](O)CC[C@@](C)(O)[C@@H](OC(=O)N2CCN(C3CCCCCC3)CC2)/C=C/[C@@H]1C. The van der Waals surface area contributed by atoms with E-state index in [4.69, 9.17) is 14.2 Å². The van der Waals surface area contributed by atoms with Crippen molar-refractivity contribution < 1.29 is 43.2 Å². The third-order valence-corrected chi connectivity index (χ3v) is 10.6. The first-order valence-corrected chi connectivity index (χ1v) is 18.7. The maximum absolute atomic E-state index is 13.4. The molecular weight excluding hydrogens is 645 g/mol. The first-order chi connectivity index (χ1) is 23.8. The first kappa shape index (κ1) is 39.8. The third kappa shape index (κ3) is 12.1. The normalized spacial score (nSPS) is 32.8. The Balaban J connectivity index is 1.39. The monoisotopic (exact) mass is 705 g/mol. The van der Waals surface area contributed by atoms with Gasteiger partial charge in [0.15, 0.2) is 6.10 Å². The fourth-order valence-electron chi connectivity index (χ4n) is 7.25. The van der Waals surface area contributed by atoms with Crippen molar-refractivity contribution in [2.75, 3.05) is 45.9 Å². The van der Waals surface area contributed by atoms with Crippen molar-refractivity contribution in [2.45, 2.75) is 128 Å². The molecule has 3 aliphatic heterocycles. The number of aliphatic hydroxyl groups is 2. The number of hydrogen-bond acceptors (Lipinski definition) is 9. The van der Waals surface area contributed by atoms with Gasteiger partial charge in [0.25, 0.3) is 0 Å². The Morgan fingerprint density at radius 3 is 2.40 bits per heavy atom. The molecule has 3 heterocycles. The molecule has 12 heteroatoms. The van der Waals surface area contributed by atoms with Crippen LogP contribution in [-0.4, -0.2) is 125 Å². The number of carbonyl (C=O) groups excluding carboxylic acids is 3. The van der Waals surface area contributed by atoms with Gasteiger partial charge < -0.3 is 34.2 Å². The number of ether oxygens (including phenoxy) is 3. The van der Waals surface area contributed by atoms with Gasteiger partial charge in [0.05, 0.1) is 25.7 Å². The van der Waals surface area contributed by atoms with E-state index in [1.54, 1.807) is 24.0 Å². The van der Waals surface area contributed by atoms with E-state index >= 15 is 0 Å². The van der Waals surface area contributed by atoms with Gasteiger partial charge in [-0.25, -0.2) is 14.0 Å². The Morgan fingerprint density at radius 1 is 1.04 bits per heavy atom. The van der Waals surface area contributed by atoms with Gasteiger partial charge in [-0.05, 0) is 57.6 Å². The van der Waals surface area contributed by atoms with Gasteiger partial charge in [-0.2, -0.15) is 0 Å². The van der Waals surface area contributed by atoms with Crippen LogP contribution in [0.15, 0.2) is 36.0 Å². The van der Waals surface area contributed by atoms with Gasteiger partial charge in [0, 0.05) is 50.6 Å². The summed E-state index contributed by atoms with van der Waals surface area (Å²) in [6.45, 7) is 10.5. The van der Waals surface area contributed by atoms with Gasteiger partial charge in [-0.1, -0.05) is 63.8 Å². The molecule has 0 unspecified atom stereocenters. The number of aliphatic hydroxyl groups excluding tert-OH is 1. The number of halogens is 1. The van der Waals surface area contributed by atoms with Gasteiger partial charge in [-0.3, -0.25) is 9.69 Å². The smallest absolute Gasteiger partial charge is 0.410 e. The van der Waals surface area contributed by atoms with Crippen LogP contribution in [0.3, 0.4) is 0 Å². The van der Waals surface area contributed by atoms with Crippen LogP contribution in [-0.2, 0) is 19.0 Å². The van der Waals surface area contributed by atoms with Gasteiger partial charge >= 0.3 is 18.2 Å². The number of rotatable bonds is 7. The van der Waals surface area contributed by atoms with E-state index in [0.717, 1.165) is 18.7 Å². The van der Waals surface area contributed by atoms with Crippen molar-refractivity contribution in [1.29, 1.82) is 0 Å². The topological polar surface area (TPSA) is 129 Å². The first-order valence-electron chi connectivity index (χ1n) is 18.7. The number of alkyl halides is 1. The van der Waals surface area contributed by atoms with Crippen molar-refractivity contribution in [3.63, 3.8) is 0 Å². The quantitative estimate of drug-likeness (QED) is 0.115. The second-order valence-electron chi connectivity index (χ2n) is 15.1. The molecule has 2 saturated heterocycles. The summed E-state index contributed by atoms with van der Waals surface area (Å²) in [4.78, 5) is 44.1. The molecule has 0 bridgehead atoms. The van der Waals surface area contributed by atoms with E-state index in [-0.39, 0.29) is 44.2 Å². The molecular formula is C38H60FN3O8. The molecule has 2 N–H and O–H groups in total. The molecule has 11 nitrogen and oxygen atoms in total. The highest BCUT2D eigenvalue weighted by Gasteiger charge is 2.37. The minimum atomic E-state index is -1.48. The van der Waals surface area contributed by atoms with Gasteiger partial charge in [0.2, 0.25) is 0 Å². The van der Waals surface area contributed by atoms with Crippen LogP contribution < -0.4 is 0 Å². The summed E-state index contributed by atoms with van der Waals surface area (Å²) in [5.41, 5.74) is -0.746. The van der Waals surface area contributed by atoms with Gasteiger partial charge in [-0.15, -0.1) is 0 Å². The van der Waals surface area contributed by atoms with Crippen LogP contribution in [0.1, 0.15) is 91.9 Å². The van der Waals surface area contributed by atoms with Crippen LogP contribution in [0, 0.1) is 11.8 Å². The molecule has 282 valence electrons. The number of allylic oxidation sites excluding steroid dienone is 2. The zero-order valence-corrected chi connectivity index (χ0v) is 30.5. The van der Waals surface area contributed by atoms with Crippen molar-refractivity contribution >= 4 is 18.2 Å². The lowest BCUT2D eigenvalue weighted by molar-refractivity contribution is -0.151. The molecule has 4 aliphatic rings. The van der Waals surface area contributed by atoms with E-state index in [1.165, 1.54) is 43.4 Å². The Morgan fingerprint density at radius 2 is 1.74 bits per heavy atom. The Labute approximate surface area is 297 Å². The fourth-order valence-corrected chi connectivity index (χ4v) is 7.25. The highest BCUT2D eigenvalue weighted by molar-refractivity contribution is 5.70. The van der Waals surface area contributed by atoms with Crippen LogP contribution in [0.25, 0.3) is 0 Å². The van der Waals surface area contributed by atoms with Crippen LogP contribution in [0.5, 0.6) is 0 Å². The standard InChI is InChI=1S/C38H60FN3O8/c1-27(26-48-36(45)42-19-17-30(39)25-42)10-9-11-28(2)35-29(3)14-15-33(38(4,47)18-16-32(43)24-34(44)50-35)49-37(46)41-22-20-40(21-23-41)31-12-7-5-6-8-13-31/h9-11,14-15,27,29-33,35,43,47H,5-8,12-13,16-26H2,1-4H3/b10-9+,15-14+,28-11+/t27-,29+,30+,32-,33+,35-,38-/m1/s1. The molecule has 4 rings (SSSR count). The molecule has 1 aliphatic carbocycles. The summed E-state index contributed by atoms with van der Waals surface area (Å²) in [5, 5.41) is 22.2. The molecule has 7 atom stereocenters. The van der Waals surface area contributed by atoms with E-state index in [0.29, 0.717) is 32.1 Å². The number of piperazine rings is 1. The maximum atomic E-state index is 13.4. The average molecular weight is 706 g/mol.